The van der Waals surface area contributed by atoms with Gasteiger partial charge in [0, 0.05) is 32.2 Å². The van der Waals surface area contributed by atoms with Crippen LogP contribution in [0, 0.1) is 0 Å². The number of nitrogens with zero attached hydrogens (tertiary/aromatic N) is 3. The van der Waals surface area contributed by atoms with Crippen LogP contribution in [0.2, 0.25) is 0 Å². The van der Waals surface area contributed by atoms with Crippen molar-refractivity contribution in [2.24, 2.45) is 0 Å². The monoisotopic (exact) mass is 404 g/mol. The summed E-state index contributed by atoms with van der Waals surface area (Å²) in [5.41, 5.74) is 1.37. The molecule has 0 radical (unpaired) electrons. The van der Waals surface area contributed by atoms with E-state index >= 15 is 0 Å². The van der Waals surface area contributed by atoms with Crippen LogP contribution < -0.4 is 10.1 Å². The van der Waals surface area contributed by atoms with Gasteiger partial charge in [-0.15, -0.1) is 0 Å². The van der Waals surface area contributed by atoms with Crippen LogP contribution in [-0.2, 0) is 11.2 Å². The minimum atomic E-state index is -2.72. The van der Waals surface area contributed by atoms with E-state index in [1.807, 2.05) is 6.20 Å². The van der Waals surface area contributed by atoms with Gasteiger partial charge in [-0.25, -0.2) is 18.7 Å². The Morgan fingerprint density at radius 3 is 2.83 bits per heavy atom. The minimum Gasteiger partial charge on any atom is -0.493 e. The lowest BCUT2D eigenvalue weighted by Gasteiger charge is -2.11. The van der Waals surface area contributed by atoms with Crippen LogP contribution in [0.3, 0.4) is 0 Å². The summed E-state index contributed by atoms with van der Waals surface area (Å²) in [6.07, 6.45) is 2.31. The summed E-state index contributed by atoms with van der Waals surface area (Å²) >= 11 is 0. The maximum Gasteiger partial charge on any atom is 0.280 e. The van der Waals surface area contributed by atoms with E-state index in [9.17, 15) is 13.6 Å². The molecule has 0 saturated carbocycles. The van der Waals surface area contributed by atoms with Gasteiger partial charge in [-0.05, 0) is 31.9 Å². The topological polar surface area (TPSA) is 77.8 Å². The smallest absolute Gasteiger partial charge is 0.280 e. The predicted molar refractivity (Wildman–Crippen MR) is 104 cm³/mol. The molecule has 0 bridgehead atoms. The highest BCUT2D eigenvalue weighted by atomic mass is 19.3. The SMILES string of the molecule is CCOc1cc2nc(CCCOC)cn2cc1C(=O)Nc1cccc(C(F)F)n1. The summed E-state index contributed by atoms with van der Waals surface area (Å²) in [4.78, 5) is 21.1. The van der Waals surface area contributed by atoms with Gasteiger partial charge in [0.2, 0.25) is 0 Å². The normalized spacial score (nSPS) is 11.2. The van der Waals surface area contributed by atoms with Gasteiger partial charge in [-0.1, -0.05) is 6.07 Å². The van der Waals surface area contributed by atoms with Crippen molar-refractivity contribution < 1.29 is 23.0 Å². The van der Waals surface area contributed by atoms with E-state index in [-0.39, 0.29) is 11.4 Å². The van der Waals surface area contributed by atoms with Crippen molar-refractivity contribution in [3.05, 3.63) is 53.6 Å². The lowest BCUT2D eigenvalue weighted by Crippen LogP contribution is -2.16. The predicted octanol–water partition coefficient (Wildman–Crippen LogP) is 3.90. The molecule has 3 aromatic heterocycles. The van der Waals surface area contributed by atoms with Crippen molar-refractivity contribution in [3.63, 3.8) is 0 Å². The third kappa shape index (κ3) is 5.05. The van der Waals surface area contributed by atoms with Crippen LogP contribution in [0.25, 0.3) is 5.65 Å². The van der Waals surface area contributed by atoms with E-state index in [1.165, 1.54) is 18.2 Å². The van der Waals surface area contributed by atoms with Gasteiger partial charge in [0.1, 0.15) is 22.9 Å². The highest BCUT2D eigenvalue weighted by Gasteiger charge is 2.17. The molecule has 0 saturated heterocycles. The van der Waals surface area contributed by atoms with Gasteiger partial charge in [-0.2, -0.15) is 0 Å². The Hall–Kier alpha value is -3.07. The van der Waals surface area contributed by atoms with E-state index in [1.54, 1.807) is 30.7 Å². The Bertz CT molecular complexity index is 991. The number of aromatic nitrogens is 3. The average Bonchev–Trinajstić information content (AvgIpc) is 3.09. The van der Waals surface area contributed by atoms with Crippen molar-refractivity contribution in [2.45, 2.75) is 26.2 Å². The average molecular weight is 404 g/mol. The van der Waals surface area contributed by atoms with E-state index < -0.39 is 18.0 Å². The zero-order valence-electron chi connectivity index (χ0n) is 16.2. The van der Waals surface area contributed by atoms with Crippen LogP contribution in [-0.4, -0.2) is 40.6 Å². The lowest BCUT2D eigenvalue weighted by atomic mass is 10.2. The third-order valence-electron chi connectivity index (χ3n) is 4.17. The van der Waals surface area contributed by atoms with Crippen molar-refractivity contribution in [2.75, 3.05) is 25.6 Å². The first-order chi connectivity index (χ1) is 14.0. The van der Waals surface area contributed by atoms with Crippen molar-refractivity contribution in [1.29, 1.82) is 0 Å². The highest BCUT2D eigenvalue weighted by molar-refractivity contribution is 6.05. The van der Waals surface area contributed by atoms with Crippen LogP contribution in [0.4, 0.5) is 14.6 Å². The largest absolute Gasteiger partial charge is 0.493 e. The molecule has 0 unspecified atom stereocenters. The molecule has 3 aromatic rings. The zero-order chi connectivity index (χ0) is 20.8. The minimum absolute atomic E-state index is 0.0428. The molecule has 29 heavy (non-hydrogen) atoms. The van der Waals surface area contributed by atoms with Crippen LogP contribution in [0.15, 0.2) is 36.7 Å². The first-order valence-corrected chi connectivity index (χ1v) is 9.21. The molecule has 0 aliphatic rings. The van der Waals surface area contributed by atoms with Gasteiger partial charge >= 0.3 is 0 Å². The second kappa shape index (κ2) is 9.42. The Balaban J connectivity index is 1.88. The number of halogens is 2. The zero-order valence-corrected chi connectivity index (χ0v) is 16.2. The van der Waals surface area contributed by atoms with Crippen molar-refractivity contribution in [3.8, 4) is 5.75 Å². The highest BCUT2D eigenvalue weighted by Crippen LogP contribution is 2.24. The maximum atomic E-state index is 12.8. The molecule has 3 heterocycles. The molecule has 1 N–H and O–H groups in total. The number of carbonyl (C=O) groups is 1. The number of methoxy groups -OCH3 is 1. The van der Waals surface area contributed by atoms with E-state index in [0.29, 0.717) is 24.6 Å². The first-order valence-electron chi connectivity index (χ1n) is 9.21. The summed E-state index contributed by atoms with van der Waals surface area (Å²) in [5.74, 6) is -0.110. The van der Waals surface area contributed by atoms with Crippen LogP contribution >= 0.6 is 0 Å². The fraction of sp³-hybridized carbons (Fsp3) is 0.350. The van der Waals surface area contributed by atoms with Crippen LogP contribution in [0.5, 0.6) is 5.75 Å². The molecular weight excluding hydrogens is 382 g/mol. The molecule has 9 heteroatoms. The number of hydrogen-bond acceptors (Lipinski definition) is 5. The molecule has 7 nitrogen and oxygen atoms in total. The van der Waals surface area contributed by atoms with Crippen molar-refractivity contribution >= 4 is 17.4 Å². The quantitative estimate of drug-likeness (QED) is 0.548. The number of hydrogen-bond donors (Lipinski definition) is 1. The number of ether oxygens (including phenoxy) is 2. The number of imidazole rings is 1. The molecule has 0 aromatic carbocycles. The molecule has 0 fully saturated rings. The first kappa shape index (κ1) is 20.7. The van der Waals surface area contributed by atoms with E-state index in [0.717, 1.165) is 18.5 Å². The van der Waals surface area contributed by atoms with E-state index in [2.05, 4.69) is 15.3 Å². The Kier molecular flexibility index (Phi) is 6.71. The number of rotatable bonds is 9. The third-order valence-corrected chi connectivity index (χ3v) is 4.17. The van der Waals surface area contributed by atoms with Crippen LogP contribution in [0.1, 0.15) is 41.5 Å². The van der Waals surface area contributed by atoms with Gasteiger partial charge in [0.25, 0.3) is 12.3 Å². The number of amides is 1. The molecule has 0 aliphatic carbocycles. The Labute approximate surface area is 166 Å². The van der Waals surface area contributed by atoms with Gasteiger partial charge in [0.05, 0.1) is 17.9 Å². The second-order valence-corrected chi connectivity index (χ2v) is 6.28. The Morgan fingerprint density at radius 1 is 1.28 bits per heavy atom. The number of carbonyl (C=O) groups excluding carboxylic acids is 1. The number of alkyl halides is 2. The van der Waals surface area contributed by atoms with Gasteiger partial charge in [-0.3, -0.25) is 4.79 Å². The molecule has 154 valence electrons. The molecule has 3 rings (SSSR count). The Morgan fingerprint density at radius 2 is 2.10 bits per heavy atom. The number of pyridine rings is 2. The second-order valence-electron chi connectivity index (χ2n) is 6.28. The van der Waals surface area contributed by atoms with Gasteiger partial charge < -0.3 is 19.2 Å². The summed E-state index contributed by atoms with van der Waals surface area (Å²) in [6.45, 7) is 2.80. The molecule has 0 aliphatic heterocycles. The fourth-order valence-electron chi connectivity index (χ4n) is 2.86. The summed E-state index contributed by atoms with van der Waals surface area (Å²) in [5, 5.41) is 2.55. The standard InChI is InChI=1S/C20H22F2N4O3/c1-3-29-16-10-18-23-13(6-5-9-28-2)11-26(18)12-14(16)20(27)25-17-8-4-7-15(24-17)19(21)22/h4,7-8,10-12,19H,3,5-6,9H2,1-2H3,(H,24,25,27). The maximum absolute atomic E-state index is 12.8. The number of anilines is 1. The van der Waals surface area contributed by atoms with Crippen molar-refractivity contribution in [1.82, 2.24) is 14.4 Å². The number of aryl methyl sites for hydroxylation is 1. The number of fused-ring (bicyclic) bond motifs is 1. The van der Waals surface area contributed by atoms with Gasteiger partial charge in [0.15, 0.2) is 0 Å². The summed E-state index contributed by atoms with van der Waals surface area (Å²) < 4.78 is 38.1. The number of nitrogens with one attached hydrogen (secondary N) is 1. The summed E-state index contributed by atoms with van der Waals surface area (Å²) in [7, 11) is 1.65. The fourth-order valence-corrected chi connectivity index (χ4v) is 2.86. The summed E-state index contributed by atoms with van der Waals surface area (Å²) in [6, 6.07) is 5.75. The molecule has 0 spiro atoms. The molecule has 1 amide bonds. The van der Waals surface area contributed by atoms with E-state index in [4.69, 9.17) is 9.47 Å². The lowest BCUT2D eigenvalue weighted by molar-refractivity contribution is 0.102. The molecular formula is C20H22F2N4O3. The molecule has 0 atom stereocenters.